The van der Waals surface area contributed by atoms with E-state index in [1.165, 1.54) is 0 Å². The van der Waals surface area contributed by atoms with Crippen LogP contribution in [0.1, 0.15) is 26.2 Å². The number of carboxylic acid groups (broad SMARTS) is 1. The zero-order chi connectivity index (χ0) is 15.0. The van der Waals surface area contributed by atoms with E-state index in [2.05, 4.69) is 5.32 Å². The van der Waals surface area contributed by atoms with Gasteiger partial charge in [-0.1, -0.05) is 0 Å². The Hall–Kier alpha value is -0.860. The lowest BCUT2D eigenvalue weighted by Crippen LogP contribution is -2.64. The molecule has 2 aliphatic rings. The van der Waals surface area contributed by atoms with E-state index in [1.54, 1.807) is 0 Å². The van der Waals surface area contributed by atoms with Crippen molar-refractivity contribution in [1.82, 2.24) is 5.32 Å². The molecule has 0 aromatic heterocycles. The molecule has 3 unspecified atom stereocenters. The third kappa shape index (κ3) is 2.77. The number of carbonyl (C=O) groups is 1. The number of hydrogen-bond acceptors (Lipinski definition) is 4. The molecule has 5 nitrogen and oxygen atoms in total. The predicted octanol–water partition coefficient (Wildman–Crippen LogP) is 1.32. The first-order valence-corrected chi connectivity index (χ1v) is 6.48. The summed E-state index contributed by atoms with van der Waals surface area (Å²) in [6.07, 6.45) is -3.57. The van der Waals surface area contributed by atoms with E-state index >= 15 is 0 Å². The fourth-order valence-corrected chi connectivity index (χ4v) is 2.69. The fraction of sp³-hybridized carbons (Fsp3) is 0.917. The van der Waals surface area contributed by atoms with Crippen LogP contribution in [0.4, 0.5) is 13.2 Å². The molecule has 116 valence electrons. The van der Waals surface area contributed by atoms with Crippen LogP contribution in [0.25, 0.3) is 0 Å². The number of carboxylic acids is 1. The van der Waals surface area contributed by atoms with Crippen LogP contribution in [0.5, 0.6) is 0 Å². The minimum absolute atomic E-state index is 0.300. The molecular formula is C12H18F3NO4. The minimum Gasteiger partial charge on any atom is -0.480 e. The number of ether oxygens (including phenoxy) is 2. The average molecular weight is 297 g/mol. The molecule has 2 saturated heterocycles. The average Bonchev–Trinajstić information content (AvgIpc) is 2.75. The van der Waals surface area contributed by atoms with Crippen LogP contribution in [0.15, 0.2) is 0 Å². The van der Waals surface area contributed by atoms with Crippen LogP contribution in [-0.4, -0.2) is 54.3 Å². The molecule has 3 atom stereocenters. The van der Waals surface area contributed by atoms with E-state index in [-0.39, 0.29) is 0 Å². The summed E-state index contributed by atoms with van der Waals surface area (Å²) in [6, 6.07) is -0.562. The summed E-state index contributed by atoms with van der Waals surface area (Å²) in [5.74, 6) is -1.92. The Kier molecular flexibility index (Phi) is 4.01. The molecule has 2 aliphatic heterocycles. The van der Waals surface area contributed by atoms with Gasteiger partial charge >= 0.3 is 12.1 Å². The van der Waals surface area contributed by atoms with Gasteiger partial charge < -0.3 is 14.6 Å². The van der Waals surface area contributed by atoms with Gasteiger partial charge in [-0.3, -0.25) is 5.32 Å². The van der Waals surface area contributed by atoms with E-state index in [9.17, 15) is 18.0 Å². The summed E-state index contributed by atoms with van der Waals surface area (Å²) < 4.78 is 49.8. The summed E-state index contributed by atoms with van der Waals surface area (Å²) in [6.45, 7) is 1.82. The van der Waals surface area contributed by atoms with Crippen molar-refractivity contribution in [2.75, 3.05) is 19.8 Å². The summed E-state index contributed by atoms with van der Waals surface area (Å²) >= 11 is 0. The molecule has 2 N–H and O–H groups in total. The van der Waals surface area contributed by atoms with Crippen LogP contribution in [0.2, 0.25) is 0 Å². The van der Waals surface area contributed by atoms with E-state index in [4.69, 9.17) is 14.6 Å². The molecule has 0 aromatic rings. The zero-order valence-corrected chi connectivity index (χ0v) is 11.1. The van der Waals surface area contributed by atoms with Gasteiger partial charge in [0.2, 0.25) is 5.54 Å². The van der Waals surface area contributed by atoms with Gasteiger partial charge in [-0.15, -0.1) is 0 Å². The number of nitrogens with one attached hydrogen (secondary N) is 1. The van der Waals surface area contributed by atoms with E-state index in [0.29, 0.717) is 46.0 Å². The highest BCUT2D eigenvalue weighted by molar-refractivity contribution is 5.79. The Bertz CT molecular complexity index is 381. The highest BCUT2D eigenvalue weighted by atomic mass is 19.4. The number of halogens is 3. The fourth-order valence-electron chi connectivity index (χ4n) is 2.69. The first-order chi connectivity index (χ1) is 9.19. The Morgan fingerprint density at radius 2 is 2.10 bits per heavy atom. The summed E-state index contributed by atoms with van der Waals surface area (Å²) in [4.78, 5) is 11.0. The second kappa shape index (κ2) is 5.16. The molecule has 0 radical (unpaired) electrons. The van der Waals surface area contributed by atoms with Gasteiger partial charge in [-0.25, -0.2) is 4.79 Å². The lowest BCUT2D eigenvalue weighted by molar-refractivity contribution is -0.210. The first-order valence-electron chi connectivity index (χ1n) is 6.48. The molecule has 1 spiro atoms. The molecule has 0 aliphatic carbocycles. The van der Waals surface area contributed by atoms with E-state index in [0.717, 1.165) is 0 Å². The van der Waals surface area contributed by atoms with Gasteiger partial charge in [0.25, 0.3) is 0 Å². The highest BCUT2D eigenvalue weighted by Crippen LogP contribution is 2.36. The number of aliphatic carboxylic acids is 1. The standard InChI is InChI=1S/C12H18F3NO4/c1-10(9(17)18,12(13,14)15)16-8-2-4-20-11(6-8)3-5-19-7-11/h8,16H,2-7H2,1H3,(H,17,18). The Balaban J connectivity index is 2.09. The molecule has 0 amide bonds. The molecule has 2 rings (SSSR count). The van der Waals surface area contributed by atoms with Crippen molar-refractivity contribution in [3.63, 3.8) is 0 Å². The van der Waals surface area contributed by atoms with Crippen molar-refractivity contribution in [3.05, 3.63) is 0 Å². The van der Waals surface area contributed by atoms with Crippen LogP contribution in [0, 0.1) is 0 Å². The molecule has 0 saturated carbocycles. The number of hydrogen-bond donors (Lipinski definition) is 2. The third-order valence-corrected chi connectivity index (χ3v) is 4.05. The molecule has 2 fully saturated rings. The topological polar surface area (TPSA) is 67.8 Å². The van der Waals surface area contributed by atoms with Crippen molar-refractivity contribution >= 4 is 5.97 Å². The molecule has 2 heterocycles. The van der Waals surface area contributed by atoms with Gasteiger partial charge in [0, 0.05) is 25.7 Å². The predicted molar refractivity (Wildman–Crippen MR) is 62.4 cm³/mol. The van der Waals surface area contributed by atoms with Gasteiger partial charge in [-0.05, 0) is 19.8 Å². The van der Waals surface area contributed by atoms with Crippen molar-refractivity contribution in [2.24, 2.45) is 0 Å². The molecule has 0 bridgehead atoms. The maximum Gasteiger partial charge on any atom is 0.417 e. The van der Waals surface area contributed by atoms with Crippen LogP contribution in [0.3, 0.4) is 0 Å². The number of rotatable bonds is 3. The summed E-state index contributed by atoms with van der Waals surface area (Å²) in [5.41, 5.74) is -3.52. The SMILES string of the molecule is CC(NC1CCOC2(CCOC2)C1)(C(=O)O)C(F)(F)F. The maximum atomic E-state index is 13.0. The molecule has 8 heteroatoms. The molecule has 0 aromatic carbocycles. The van der Waals surface area contributed by atoms with Crippen LogP contribution >= 0.6 is 0 Å². The largest absolute Gasteiger partial charge is 0.480 e. The second-order valence-electron chi connectivity index (χ2n) is 5.60. The van der Waals surface area contributed by atoms with Crippen molar-refractivity contribution < 1.29 is 32.5 Å². The van der Waals surface area contributed by atoms with Crippen molar-refractivity contribution in [2.45, 2.75) is 49.5 Å². The van der Waals surface area contributed by atoms with E-state index in [1.807, 2.05) is 0 Å². The van der Waals surface area contributed by atoms with Gasteiger partial charge in [-0.2, -0.15) is 13.2 Å². The van der Waals surface area contributed by atoms with Crippen LogP contribution < -0.4 is 5.32 Å². The quantitative estimate of drug-likeness (QED) is 0.822. The second-order valence-corrected chi connectivity index (χ2v) is 5.60. The highest BCUT2D eigenvalue weighted by Gasteiger charge is 2.58. The minimum atomic E-state index is -4.86. The molecular weight excluding hydrogens is 279 g/mol. The Morgan fingerprint density at radius 3 is 2.60 bits per heavy atom. The lowest BCUT2D eigenvalue weighted by Gasteiger charge is -2.41. The molecule has 20 heavy (non-hydrogen) atoms. The lowest BCUT2D eigenvalue weighted by atomic mass is 9.87. The third-order valence-electron chi connectivity index (χ3n) is 4.05. The normalized spacial score (nSPS) is 34.1. The van der Waals surface area contributed by atoms with Gasteiger partial charge in [0.15, 0.2) is 0 Å². The zero-order valence-electron chi connectivity index (χ0n) is 11.1. The summed E-state index contributed by atoms with van der Waals surface area (Å²) in [7, 11) is 0. The number of alkyl halides is 3. The van der Waals surface area contributed by atoms with Crippen molar-refractivity contribution in [3.8, 4) is 0 Å². The van der Waals surface area contributed by atoms with Gasteiger partial charge in [0.1, 0.15) is 0 Å². The van der Waals surface area contributed by atoms with E-state index < -0.39 is 29.3 Å². The van der Waals surface area contributed by atoms with Gasteiger partial charge in [0.05, 0.1) is 12.2 Å². The Morgan fingerprint density at radius 1 is 1.40 bits per heavy atom. The van der Waals surface area contributed by atoms with Crippen LogP contribution in [-0.2, 0) is 14.3 Å². The monoisotopic (exact) mass is 297 g/mol. The maximum absolute atomic E-state index is 13.0. The summed E-state index contributed by atoms with van der Waals surface area (Å²) in [5, 5.41) is 11.2. The Labute approximate surface area is 114 Å². The van der Waals surface area contributed by atoms with Crippen molar-refractivity contribution in [1.29, 1.82) is 0 Å². The first kappa shape index (κ1) is 15.5. The smallest absolute Gasteiger partial charge is 0.417 e.